The van der Waals surface area contributed by atoms with Crippen molar-refractivity contribution in [1.82, 2.24) is 20.1 Å². The summed E-state index contributed by atoms with van der Waals surface area (Å²) in [5.74, 6) is -2.29. The first kappa shape index (κ1) is 30.6. The number of alkyl halides is 1. The van der Waals surface area contributed by atoms with Gasteiger partial charge in [0.2, 0.25) is 17.7 Å². The minimum Gasteiger partial charge on any atom is -0.496 e. The van der Waals surface area contributed by atoms with Gasteiger partial charge in [-0.2, -0.15) is 0 Å². The van der Waals surface area contributed by atoms with Gasteiger partial charge in [0.15, 0.2) is 0 Å². The maximum Gasteiger partial charge on any atom is 0.363 e. The summed E-state index contributed by atoms with van der Waals surface area (Å²) < 4.78 is 31.7. The van der Waals surface area contributed by atoms with E-state index in [1.807, 2.05) is 6.92 Å². The molecule has 0 aliphatic carbocycles. The Bertz CT molecular complexity index is 1660. The number of halogens is 1. The lowest BCUT2D eigenvalue weighted by atomic mass is 9.91. The van der Waals surface area contributed by atoms with Crippen molar-refractivity contribution in [2.75, 3.05) is 20.2 Å². The first-order chi connectivity index (χ1) is 20.9. The molecule has 3 aromatic rings. The van der Waals surface area contributed by atoms with Gasteiger partial charge in [0.05, 0.1) is 12.0 Å². The number of nitrogens with one attached hydrogen (secondary N) is 1. The highest BCUT2D eigenvalue weighted by Crippen LogP contribution is 2.53. The Kier molecular flexibility index (Phi) is 8.25. The zero-order chi connectivity index (χ0) is 31.3. The lowest BCUT2D eigenvalue weighted by molar-refractivity contribution is -0.148. The highest BCUT2D eigenvalue weighted by atomic mass is 32.1. The van der Waals surface area contributed by atoms with Crippen molar-refractivity contribution in [3.05, 3.63) is 58.7 Å². The predicted molar refractivity (Wildman–Crippen MR) is 161 cm³/mol. The second-order valence-electron chi connectivity index (χ2n) is 12.0. The van der Waals surface area contributed by atoms with Crippen LogP contribution in [-0.4, -0.2) is 80.6 Å². The molecule has 3 aliphatic heterocycles. The minimum absolute atomic E-state index is 0.0748. The van der Waals surface area contributed by atoms with Crippen molar-refractivity contribution in [3.63, 3.8) is 0 Å². The van der Waals surface area contributed by atoms with E-state index in [0.29, 0.717) is 36.0 Å². The molecule has 14 heteroatoms. The minimum atomic E-state index is -4.98. The van der Waals surface area contributed by atoms with Crippen LogP contribution in [0.4, 0.5) is 4.39 Å². The summed E-state index contributed by atoms with van der Waals surface area (Å²) in [6.45, 7) is 3.08. The fraction of sp³-hybridized carbons (Fsp3) is 0.467. The lowest BCUT2D eigenvalue weighted by Crippen LogP contribution is -2.58. The number of fused-ring (bicyclic) bond motifs is 2. The van der Waals surface area contributed by atoms with Gasteiger partial charge in [-0.1, -0.05) is 13.0 Å². The third kappa shape index (κ3) is 5.74. The van der Waals surface area contributed by atoms with E-state index in [-0.39, 0.29) is 40.1 Å². The maximum atomic E-state index is 14.2. The normalized spacial score (nSPS) is 24.9. The molecule has 5 atom stereocenters. The quantitative estimate of drug-likeness (QED) is 0.327. The van der Waals surface area contributed by atoms with E-state index < -0.39 is 31.5 Å². The van der Waals surface area contributed by atoms with Crippen molar-refractivity contribution >= 4 is 46.7 Å². The third-order valence-corrected chi connectivity index (χ3v) is 11.0. The highest BCUT2D eigenvalue weighted by Gasteiger charge is 2.48. The van der Waals surface area contributed by atoms with E-state index in [9.17, 15) is 33.1 Å². The van der Waals surface area contributed by atoms with Crippen molar-refractivity contribution in [2.24, 2.45) is 5.92 Å². The van der Waals surface area contributed by atoms with E-state index >= 15 is 0 Å². The molecule has 6 rings (SSSR count). The van der Waals surface area contributed by atoms with Gasteiger partial charge in [0, 0.05) is 47.7 Å². The number of methoxy groups -OCH3 is 1. The number of pyridine rings is 1. The molecule has 2 aromatic heterocycles. The Morgan fingerprint density at radius 3 is 2.68 bits per heavy atom. The van der Waals surface area contributed by atoms with Crippen molar-refractivity contribution < 1.29 is 37.9 Å². The maximum absolute atomic E-state index is 14.2. The van der Waals surface area contributed by atoms with Gasteiger partial charge in [-0.3, -0.25) is 23.9 Å². The predicted octanol–water partition coefficient (Wildman–Crippen LogP) is 3.96. The monoisotopic (exact) mass is 644 g/mol. The van der Waals surface area contributed by atoms with Crippen LogP contribution in [0.5, 0.6) is 5.75 Å². The van der Waals surface area contributed by atoms with Gasteiger partial charge in [-0.15, -0.1) is 11.3 Å². The molecule has 234 valence electrons. The van der Waals surface area contributed by atoms with Crippen LogP contribution >= 0.6 is 18.9 Å². The van der Waals surface area contributed by atoms with Crippen LogP contribution in [0.1, 0.15) is 65.2 Å². The molecule has 0 saturated carbocycles. The molecule has 3 aliphatic rings. The smallest absolute Gasteiger partial charge is 0.363 e. The number of thiophene rings is 1. The molecule has 3 N–H and O–H groups in total. The number of benzene rings is 1. The number of amides is 3. The van der Waals surface area contributed by atoms with Gasteiger partial charge in [0.25, 0.3) is 5.91 Å². The molecule has 1 aromatic carbocycles. The summed E-state index contributed by atoms with van der Waals surface area (Å²) in [5.41, 5.74) is 0.779. The largest absolute Gasteiger partial charge is 0.496 e. The van der Waals surface area contributed by atoms with Crippen LogP contribution in [0, 0.1) is 5.92 Å². The number of hydrogen-bond acceptors (Lipinski definition) is 7. The molecule has 44 heavy (non-hydrogen) atoms. The number of nitrogens with zero attached hydrogens (tertiary/aromatic N) is 3. The van der Waals surface area contributed by atoms with E-state index in [4.69, 9.17) is 4.74 Å². The Morgan fingerprint density at radius 2 is 1.95 bits per heavy atom. The second-order valence-corrected chi connectivity index (χ2v) is 14.7. The summed E-state index contributed by atoms with van der Waals surface area (Å²) in [6.07, 6.45) is 5.90. The van der Waals surface area contributed by atoms with Crippen LogP contribution in [-0.2, 0) is 14.2 Å². The number of likely N-dealkylation sites (tertiary alicyclic amines) is 1. The summed E-state index contributed by atoms with van der Waals surface area (Å²) in [4.78, 5) is 67.3. The molecule has 0 unspecified atom stereocenters. The third-order valence-electron chi connectivity index (χ3n) is 8.96. The van der Waals surface area contributed by atoms with Crippen LogP contribution in [0.2, 0.25) is 0 Å². The molecule has 11 nitrogen and oxygen atoms in total. The highest BCUT2D eigenvalue weighted by molar-refractivity contribution is 7.51. The van der Waals surface area contributed by atoms with E-state index in [1.54, 1.807) is 35.4 Å². The number of carbonyl (C=O) groups excluding carboxylic acids is 3. The average Bonchev–Trinajstić information content (AvgIpc) is 3.56. The molecule has 3 fully saturated rings. The number of hydrogen-bond donors (Lipinski definition) is 3. The molecule has 0 bridgehead atoms. The van der Waals surface area contributed by atoms with Crippen LogP contribution < -0.4 is 10.1 Å². The Morgan fingerprint density at radius 1 is 1.18 bits per heavy atom. The number of carbonyl (C=O) groups is 3. The Balaban J connectivity index is 1.15. The first-order valence-electron chi connectivity index (χ1n) is 14.6. The molecular weight excluding hydrogens is 610 g/mol. The van der Waals surface area contributed by atoms with Gasteiger partial charge in [-0.25, -0.2) is 4.39 Å². The van der Waals surface area contributed by atoms with Crippen LogP contribution in [0.25, 0.3) is 10.1 Å². The molecular formula is C30H34FN4O7PS. The zero-order valence-electron chi connectivity index (χ0n) is 24.3. The van der Waals surface area contributed by atoms with E-state index in [1.165, 1.54) is 24.3 Å². The Labute approximate surface area is 257 Å². The summed E-state index contributed by atoms with van der Waals surface area (Å²) in [5, 5.41) is 3.35. The topological polar surface area (TPSA) is 149 Å². The fourth-order valence-corrected chi connectivity index (χ4v) is 8.25. The number of ether oxygens (including phenoxy) is 1. The van der Waals surface area contributed by atoms with Gasteiger partial charge in [0.1, 0.15) is 17.8 Å². The standard InChI is InChI=1S/C30H34FN4O7PS/c1-16-9-20-4-5-23(30(38)34-14-19(15-34)21-13-32-8-7-24(21)42-2)35(20)29(37)22(10-16)33-28(36)26-12-18-11-17(3-6-25(18)44-26)27(31)43(39,40)41/h3,6-8,11-13,16,19-20,22-23,27H,4-5,9-10,14-15H2,1-2H3,(H,33,36)(H2,39,40,41)/t16-,20-,22+,23+,27-/m1/s1. The summed E-state index contributed by atoms with van der Waals surface area (Å²) in [6, 6.07) is 5.98. The molecule has 0 spiro atoms. The van der Waals surface area contributed by atoms with Crippen LogP contribution in [0.15, 0.2) is 42.7 Å². The summed E-state index contributed by atoms with van der Waals surface area (Å²) in [7, 11) is -3.37. The van der Waals surface area contributed by atoms with Gasteiger partial charge >= 0.3 is 7.60 Å². The number of aromatic nitrogens is 1. The molecule has 5 heterocycles. The van der Waals surface area contributed by atoms with Crippen molar-refractivity contribution in [2.45, 2.75) is 62.6 Å². The molecule has 0 radical (unpaired) electrons. The second kappa shape index (κ2) is 11.8. The number of rotatable bonds is 7. The SMILES string of the molecule is COc1ccncc1C1CN(C(=O)[C@@H]2CC[C@@H]3C[C@@H](C)C[C@H](NC(=O)c4cc5cc([C@H](F)P(=O)(O)O)ccc5s4)C(=O)N32)C1. The van der Waals surface area contributed by atoms with Crippen LogP contribution in [0.3, 0.4) is 0 Å². The van der Waals surface area contributed by atoms with E-state index in [0.717, 1.165) is 35.5 Å². The first-order valence-corrected chi connectivity index (χ1v) is 17.1. The molecule has 3 saturated heterocycles. The fourth-order valence-electron chi connectivity index (χ4n) is 6.75. The molecule has 3 amide bonds. The van der Waals surface area contributed by atoms with Crippen molar-refractivity contribution in [1.29, 1.82) is 0 Å². The lowest BCUT2D eigenvalue weighted by Gasteiger charge is -2.42. The summed E-state index contributed by atoms with van der Waals surface area (Å²) >= 11 is 1.14. The average molecular weight is 645 g/mol. The zero-order valence-corrected chi connectivity index (χ0v) is 26.0. The van der Waals surface area contributed by atoms with Gasteiger partial charge < -0.3 is 29.6 Å². The van der Waals surface area contributed by atoms with E-state index in [2.05, 4.69) is 10.3 Å². The Hall–Kier alpha value is -3.38. The van der Waals surface area contributed by atoms with Crippen molar-refractivity contribution in [3.8, 4) is 5.75 Å². The van der Waals surface area contributed by atoms with Gasteiger partial charge in [-0.05, 0) is 66.8 Å².